The van der Waals surface area contributed by atoms with Gasteiger partial charge in [0.1, 0.15) is 0 Å². The van der Waals surface area contributed by atoms with Gasteiger partial charge in [-0.25, -0.2) is 0 Å². The summed E-state index contributed by atoms with van der Waals surface area (Å²) >= 11 is 0. The summed E-state index contributed by atoms with van der Waals surface area (Å²) in [6, 6.07) is 14.6. The van der Waals surface area contributed by atoms with Crippen molar-refractivity contribution in [3.05, 3.63) is 65.2 Å². The lowest BCUT2D eigenvalue weighted by Gasteiger charge is -2.36. The van der Waals surface area contributed by atoms with Crippen molar-refractivity contribution >= 4 is 17.6 Å². The summed E-state index contributed by atoms with van der Waals surface area (Å²) in [6.45, 7) is 7.09. The second-order valence-corrected chi connectivity index (χ2v) is 6.89. The van der Waals surface area contributed by atoms with Gasteiger partial charge in [-0.15, -0.1) is 0 Å². The van der Waals surface area contributed by atoms with E-state index in [9.17, 15) is 14.7 Å². The number of amides is 1. The van der Waals surface area contributed by atoms with Crippen LogP contribution in [-0.2, 0) is 0 Å². The van der Waals surface area contributed by atoms with E-state index >= 15 is 0 Å². The van der Waals surface area contributed by atoms with Gasteiger partial charge in [-0.3, -0.25) is 4.79 Å². The molecule has 0 aliphatic carbocycles. The van der Waals surface area contributed by atoms with Gasteiger partial charge < -0.3 is 19.7 Å². The summed E-state index contributed by atoms with van der Waals surface area (Å²) in [5.41, 5.74) is 2.90. The van der Waals surface area contributed by atoms with Crippen molar-refractivity contribution in [3.63, 3.8) is 0 Å². The van der Waals surface area contributed by atoms with Gasteiger partial charge in [-0.05, 0) is 41.3 Å². The summed E-state index contributed by atoms with van der Waals surface area (Å²) < 4.78 is 0. The number of hydrogen-bond donors (Lipinski definition) is 0. The third-order valence-electron chi connectivity index (χ3n) is 4.84. The topological polar surface area (TPSA) is 63.7 Å². The first-order valence-electron chi connectivity index (χ1n) is 8.91. The Morgan fingerprint density at radius 1 is 0.923 bits per heavy atom. The fourth-order valence-electron chi connectivity index (χ4n) is 3.20. The van der Waals surface area contributed by atoms with Crippen LogP contribution in [0.5, 0.6) is 0 Å². The molecule has 3 rings (SSSR count). The minimum Gasteiger partial charge on any atom is -0.545 e. The molecule has 0 spiro atoms. The van der Waals surface area contributed by atoms with E-state index in [2.05, 4.69) is 43.0 Å². The van der Waals surface area contributed by atoms with Crippen LogP contribution in [0, 0.1) is 0 Å². The zero-order valence-electron chi connectivity index (χ0n) is 15.1. The molecule has 136 valence electrons. The zero-order chi connectivity index (χ0) is 18.7. The average Bonchev–Trinajstić information content (AvgIpc) is 2.67. The number of rotatable bonds is 4. The number of aromatic carboxylic acids is 1. The van der Waals surface area contributed by atoms with Crippen LogP contribution in [0.2, 0.25) is 0 Å². The molecule has 1 saturated heterocycles. The molecule has 1 fully saturated rings. The highest BCUT2D eigenvalue weighted by Crippen LogP contribution is 2.21. The predicted molar refractivity (Wildman–Crippen MR) is 99.4 cm³/mol. The fraction of sp³-hybridized carbons (Fsp3) is 0.333. The average molecular weight is 351 g/mol. The Kier molecular flexibility index (Phi) is 5.26. The van der Waals surface area contributed by atoms with Gasteiger partial charge in [-0.1, -0.05) is 38.1 Å². The van der Waals surface area contributed by atoms with E-state index in [0.29, 0.717) is 24.6 Å². The first-order chi connectivity index (χ1) is 12.5. The van der Waals surface area contributed by atoms with Gasteiger partial charge in [0.25, 0.3) is 5.91 Å². The Hall–Kier alpha value is -2.82. The molecule has 2 aromatic rings. The molecule has 0 aromatic heterocycles. The van der Waals surface area contributed by atoms with Gasteiger partial charge >= 0.3 is 0 Å². The van der Waals surface area contributed by atoms with Gasteiger partial charge in [0.2, 0.25) is 0 Å². The van der Waals surface area contributed by atoms with Crippen molar-refractivity contribution in [1.82, 2.24) is 4.90 Å². The Labute approximate surface area is 153 Å². The second-order valence-electron chi connectivity index (χ2n) is 6.89. The molecular formula is C21H23N2O3-. The second kappa shape index (κ2) is 7.60. The molecule has 5 nitrogen and oxygen atoms in total. The highest BCUT2D eigenvalue weighted by molar-refractivity contribution is 5.97. The van der Waals surface area contributed by atoms with E-state index in [0.717, 1.165) is 13.1 Å². The van der Waals surface area contributed by atoms with Gasteiger partial charge in [0.05, 0.1) is 5.97 Å². The highest BCUT2D eigenvalue weighted by atomic mass is 16.4. The number of hydrogen-bond acceptors (Lipinski definition) is 4. The summed E-state index contributed by atoms with van der Waals surface area (Å²) in [7, 11) is 0. The molecule has 26 heavy (non-hydrogen) atoms. The van der Waals surface area contributed by atoms with Crippen molar-refractivity contribution in [2.45, 2.75) is 19.8 Å². The number of carbonyl (C=O) groups excluding carboxylic acids is 2. The van der Waals surface area contributed by atoms with Gasteiger partial charge in [0, 0.05) is 37.4 Å². The van der Waals surface area contributed by atoms with Crippen LogP contribution in [0.1, 0.15) is 46.0 Å². The maximum absolute atomic E-state index is 12.6. The van der Waals surface area contributed by atoms with Crippen LogP contribution < -0.4 is 10.0 Å². The van der Waals surface area contributed by atoms with Crippen molar-refractivity contribution in [1.29, 1.82) is 0 Å². The minimum absolute atomic E-state index is 0.0275. The van der Waals surface area contributed by atoms with Crippen LogP contribution in [0.15, 0.2) is 48.5 Å². The molecule has 0 bridgehead atoms. The number of nitrogens with zero attached hydrogens (tertiary/aromatic N) is 2. The molecule has 1 heterocycles. The van der Waals surface area contributed by atoms with Gasteiger partial charge in [0.15, 0.2) is 0 Å². The van der Waals surface area contributed by atoms with Crippen molar-refractivity contribution in [3.8, 4) is 0 Å². The summed E-state index contributed by atoms with van der Waals surface area (Å²) in [6.07, 6.45) is 0. The first kappa shape index (κ1) is 18.0. The van der Waals surface area contributed by atoms with E-state index in [-0.39, 0.29) is 11.5 Å². The lowest BCUT2D eigenvalue weighted by atomic mass is 10.0. The van der Waals surface area contributed by atoms with Crippen LogP contribution in [-0.4, -0.2) is 43.0 Å². The standard InChI is InChI=1S/C21H24N2O3/c1-15(2)16-6-8-19(9-7-16)22-10-12-23(13-11-22)20(24)17-4-3-5-18(14-17)21(25)26/h3-9,14-15H,10-13H2,1-2H3,(H,25,26)/p-1. The molecule has 0 N–H and O–H groups in total. The van der Waals surface area contributed by atoms with Crippen molar-refractivity contribution < 1.29 is 14.7 Å². The third-order valence-corrected chi connectivity index (χ3v) is 4.84. The summed E-state index contributed by atoms with van der Waals surface area (Å²) in [5, 5.41) is 11.0. The summed E-state index contributed by atoms with van der Waals surface area (Å²) in [4.78, 5) is 27.6. The van der Waals surface area contributed by atoms with Gasteiger partial charge in [-0.2, -0.15) is 0 Å². The van der Waals surface area contributed by atoms with Crippen LogP contribution in [0.4, 0.5) is 5.69 Å². The number of carboxylic acids is 1. The Morgan fingerprint density at radius 2 is 1.54 bits per heavy atom. The smallest absolute Gasteiger partial charge is 0.253 e. The third kappa shape index (κ3) is 3.87. The maximum atomic E-state index is 12.6. The largest absolute Gasteiger partial charge is 0.545 e. The lowest BCUT2D eigenvalue weighted by molar-refractivity contribution is -0.255. The lowest BCUT2D eigenvalue weighted by Crippen LogP contribution is -2.48. The zero-order valence-corrected chi connectivity index (χ0v) is 15.1. The fourth-order valence-corrected chi connectivity index (χ4v) is 3.20. The molecular weight excluding hydrogens is 328 g/mol. The Bertz CT molecular complexity index is 791. The highest BCUT2D eigenvalue weighted by Gasteiger charge is 2.22. The van der Waals surface area contributed by atoms with Crippen LogP contribution >= 0.6 is 0 Å². The number of carbonyl (C=O) groups is 2. The first-order valence-corrected chi connectivity index (χ1v) is 8.91. The Morgan fingerprint density at radius 3 is 2.12 bits per heavy atom. The Balaban J connectivity index is 1.63. The maximum Gasteiger partial charge on any atom is 0.253 e. The molecule has 2 aromatic carbocycles. The predicted octanol–water partition coefficient (Wildman–Crippen LogP) is 2.14. The SMILES string of the molecule is CC(C)c1ccc(N2CCN(C(=O)c3cccc(C(=O)[O-])c3)CC2)cc1. The van der Waals surface area contributed by atoms with Crippen molar-refractivity contribution in [2.75, 3.05) is 31.1 Å². The van der Waals surface area contributed by atoms with E-state index in [1.165, 1.54) is 23.4 Å². The molecule has 5 heteroatoms. The normalized spacial score (nSPS) is 14.6. The monoisotopic (exact) mass is 351 g/mol. The molecule has 1 aliphatic rings. The van der Waals surface area contributed by atoms with Crippen LogP contribution in [0.25, 0.3) is 0 Å². The van der Waals surface area contributed by atoms with E-state index in [1.807, 2.05) is 0 Å². The number of anilines is 1. The van der Waals surface area contributed by atoms with Crippen LogP contribution in [0.3, 0.4) is 0 Å². The van der Waals surface area contributed by atoms with E-state index in [4.69, 9.17) is 0 Å². The molecule has 0 unspecified atom stereocenters. The van der Waals surface area contributed by atoms with Crippen molar-refractivity contribution in [2.24, 2.45) is 0 Å². The molecule has 0 radical (unpaired) electrons. The number of carboxylic acid groups (broad SMARTS) is 1. The van der Waals surface area contributed by atoms with E-state index in [1.54, 1.807) is 17.0 Å². The summed E-state index contributed by atoms with van der Waals surface area (Å²) in [5.74, 6) is -0.896. The molecule has 1 aliphatic heterocycles. The quantitative estimate of drug-likeness (QED) is 0.847. The number of benzene rings is 2. The minimum atomic E-state index is -1.27. The molecule has 0 saturated carbocycles. The van der Waals surface area contributed by atoms with E-state index < -0.39 is 5.97 Å². The number of piperazine rings is 1. The molecule has 0 atom stereocenters. The molecule has 1 amide bonds.